The van der Waals surface area contributed by atoms with Crippen molar-refractivity contribution in [2.24, 2.45) is 0 Å². The SMILES string of the molecule is CCCOc1ccc(Cc2cc(C)n[nH]c2=O)cc1. The molecule has 100 valence electrons. The topological polar surface area (TPSA) is 55.0 Å². The van der Waals surface area contributed by atoms with Gasteiger partial charge in [0.2, 0.25) is 0 Å². The van der Waals surface area contributed by atoms with Crippen molar-refractivity contribution >= 4 is 0 Å². The molecule has 0 unspecified atom stereocenters. The Morgan fingerprint density at radius 1 is 1.26 bits per heavy atom. The number of rotatable bonds is 5. The lowest BCUT2D eigenvalue weighted by Crippen LogP contribution is -2.15. The van der Waals surface area contributed by atoms with E-state index in [2.05, 4.69) is 17.1 Å². The first kappa shape index (κ1) is 13.3. The Kier molecular flexibility index (Phi) is 4.34. The highest BCUT2D eigenvalue weighted by atomic mass is 16.5. The second-order valence-electron chi connectivity index (χ2n) is 4.53. The maximum atomic E-state index is 11.6. The van der Waals surface area contributed by atoms with Crippen LogP contribution in [0.5, 0.6) is 5.75 Å². The fraction of sp³-hybridized carbons (Fsp3) is 0.333. The third kappa shape index (κ3) is 3.68. The molecule has 2 rings (SSSR count). The number of nitrogens with one attached hydrogen (secondary N) is 1. The Bertz CT molecular complexity index is 588. The van der Waals surface area contributed by atoms with Gasteiger partial charge in [-0.15, -0.1) is 0 Å². The lowest BCUT2D eigenvalue weighted by Gasteiger charge is -2.06. The molecule has 0 saturated heterocycles. The summed E-state index contributed by atoms with van der Waals surface area (Å²) in [5.74, 6) is 0.866. The van der Waals surface area contributed by atoms with Crippen molar-refractivity contribution in [3.8, 4) is 5.75 Å². The molecule has 0 aliphatic rings. The van der Waals surface area contributed by atoms with E-state index in [4.69, 9.17) is 4.74 Å². The minimum absolute atomic E-state index is 0.128. The minimum Gasteiger partial charge on any atom is -0.494 e. The Balaban J connectivity index is 2.11. The summed E-state index contributed by atoms with van der Waals surface area (Å²) in [5.41, 5.74) is 2.50. The van der Waals surface area contributed by atoms with Gasteiger partial charge in [0.05, 0.1) is 12.3 Å². The van der Waals surface area contributed by atoms with E-state index < -0.39 is 0 Å². The number of hydrogen-bond donors (Lipinski definition) is 1. The average Bonchev–Trinajstić information content (AvgIpc) is 2.42. The van der Waals surface area contributed by atoms with Gasteiger partial charge in [0.15, 0.2) is 0 Å². The van der Waals surface area contributed by atoms with Gasteiger partial charge >= 0.3 is 0 Å². The maximum Gasteiger partial charge on any atom is 0.267 e. The van der Waals surface area contributed by atoms with Crippen LogP contribution in [0, 0.1) is 6.92 Å². The molecule has 19 heavy (non-hydrogen) atoms. The third-order valence-corrected chi connectivity index (χ3v) is 2.80. The highest BCUT2D eigenvalue weighted by molar-refractivity contribution is 5.30. The molecule has 0 radical (unpaired) electrons. The molecular formula is C15H18N2O2. The van der Waals surface area contributed by atoms with Crippen LogP contribution in [0.2, 0.25) is 0 Å². The summed E-state index contributed by atoms with van der Waals surface area (Å²) < 4.78 is 5.53. The highest BCUT2D eigenvalue weighted by Crippen LogP contribution is 2.14. The van der Waals surface area contributed by atoms with Crippen LogP contribution in [0.15, 0.2) is 35.1 Å². The van der Waals surface area contributed by atoms with E-state index in [-0.39, 0.29) is 5.56 Å². The molecule has 0 spiro atoms. The number of aryl methyl sites for hydroxylation is 1. The van der Waals surface area contributed by atoms with E-state index in [1.807, 2.05) is 37.3 Å². The Hall–Kier alpha value is -2.10. The van der Waals surface area contributed by atoms with Crippen LogP contribution in [0.3, 0.4) is 0 Å². The van der Waals surface area contributed by atoms with Crippen LogP contribution in [0.1, 0.15) is 30.2 Å². The zero-order chi connectivity index (χ0) is 13.7. The van der Waals surface area contributed by atoms with Crippen molar-refractivity contribution in [1.29, 1.82) is 0 Å². The standard InChI is InChI=1S/C15H18N2O2/c1-3-8-19-14-6-4-12(5-7-14)10-13-9-11(2)16-17-15(13)18/h4-7,9H,3,8,10H2,1-2H3,(H,17,18). The normalized spacial score (nSPS) is 10.4. The van der Waals surface area contributed by atoms with Crippen molar-refractivity contribution < 1.29 is 4.74 Å². The molecule has 0 fully saturated rings. The van der Waals surface area contributed by atoms with Crippen molar-refractivity contribution in [2.45, 2.75) is 26.7 Å². The fourth-order valence-electron chi connectivity index (χ4n) is 1.84. The van der Waals surface area contributed by atoms with Crippen LogP contribution >= 0.6 is 0 Å². The quantitative estimate of drug-likeness (QED) is 0.896. The van der Waals surface area contributed by atoms with Crippen molar-refractivity contribution in [3.63, 3.8) is 0 Å². The van der Waals surface area contributed by atoms with E-state index in [1.54, 1.807) is 0 Å². The first-order valence-corrected chi connectivity index (χ1v) is 6.46. The first-order valence-electron chi connectivity index (χ1n) is 6.46. The van der Waals surface area contributed by atoms with Gasteiger partial charge < -0.3 is 4.74 Å². The van der Waals surface area contributed by atoms with Crippen molar-refractivity contribution in [3.05, 3.63) is 57.5 Å². The molecule has 0 aliphatic heterocycles. The molecule has 1 heterocycles. The van der Waals surface area contributed by atoms with Gasteiger partial charge in [-0.2, -0.15) is 5.10 Å². The van der Waals surface area contributed by atoms with Crippen molar-refractivity contribution in [1.82, 2.24) is 10.2 Å². The van der Waals surface area contributed by atoms with E-state index in [9.17, 15) is 4.79 Å². The molecule has 4 nitrogen and oxygen atoms in total. The molecule has 2 aromatic rings. The van der Waals surface area contributed by atoms with Crippen LogP contribution < -0.4 is 10.3 Å². The summed E-state index contributed by atoms with van der Waals surface area (Å²) in [5, 5.41) is 6.37. The highest BCUT2D eigenvalue weighted by Gasteiger charge is 2.03. The van der Waals surface area contributed by atoms with Gasteiger partial charge in [0, 0.05) is 12.0 Å². The van der Waals surface area contributed by atoms with Crippen LogP contribution in [-0.4, -0.2) is 16.8 Å². The zero-order valence-electron chi connectivity index (χ0n) is 11.3. The number of benzene rings is 1. The summed E-state index contributed by atoms with van der Waals surface area (Å²) in [6.07, 6.45) is 1.60. The van der Waals surface area contributed by atoms with Crippen molar-refractivity contribution in [2.75, 3.05) is 6.61 Å². The van der Waals surface area contributed by atoms with E-state index in [0.717, 1.165) is 35.6 Å². The fourth-order valence-corrected chi connectivity index (χ4v) is 1.84. The molecule has 4 heteroatoms. The molecule has 0 aliphatic carbocycles. The lowest BCUT2D eigenvalue weighted by molar-refractivity contribution is 0.317. The summed E-state index contributed by atoms with van der Waals surface area (Å²) in [7, 11) is 0. The van der Waals surface area contributed by atoms with Gasteiger partial charge in [-0.3, -0.25) is 4.79 Å². The van der Waals surface area contributed by atoms with Gasteiger partial charge in [0.1, 0.15) is 5.75 Å². The number of ether oxygens (including phenoxy) is 1. The average molecular weight is 258 g/mol. The molecule has 1 N–H and O–H groups in total. The van der Waals surface area contributed by atoms with E-state index >= 15 is 0 Å². The number of nitrogens with zero attached hydrogens (tertiary/aromatic N) is 1. The molecule has 0 amide bonds. The number of hydrogen-bond acceptors (Lipinski definition) is 3. The summed E-state index contributed by atoms with van der Waals surface area (Å²) >= 11 is 0. The third-order valence-electron chi connectivity index (χ3n) is 2.80. The van der Waals surface area contributed by atoms with Crippen LogP contribution in [0.4, 0.5) is 0 Å². The molecule has 0 saturated carbocycles. The zero-order valence-corrected chi connectivity index (χ0v) is 11.3. The summed E-state index contributed by atoms with van der Waals surface area (Å²) in [6, 6.07) is 9.67. The monoisotopic (exact) mass is 258 g/mol. The van der Waals surface area contributed by atoms with E-state index in [1.165, 1.54) is 0 Å². The lowest BCUT2D eigenvalue weighted by atomic mass is 10.1. The van der Waals surface area contributed by atoms with Crippen LogP contribution in [0.25, 0.3) is 0 Å². The molecule has 1 aromatic heterocycles. The second-order valence-corrected chi connectivity index (χ2v) is 4.53. The molecule has 0 bridgehead atoms. The molecular weight excluding hydrogens is 240 g/mol. The molecule has 0 atom stereocenters. The smallest absolute Gasteiger partial charge is 0.267 e. The Morgan fingerprint density at radius 3 is 2.68 bits per heavy atom. The van der Waals surface area contributed by atoms with Gasteiger partial charge in [-0.05, 0) is 37.1 Å². The Labute approximate surface area is 112 Å². The maximum absolute atomic E-state index is 11.6. The number of H-pyrrole nitrogens is 1. The minimum atomic E-state index is -0.128. The van der Waals surface area contributed by atoms with Crippen LogP contribution in [-0.2, 0) is 6.42 Å². The predicted molar refractivity (Wildman–Crippen MR) is 74.6 cm³/mol. The van der Waals surface area contributed by atoms with Gasteiger partial charge in [0.25, 0.3) is 5.56 Å². The Morgan fingerprint density at radius 2 is 2.00 bits per heavy atom. The predicted octanol–water partition coefficient (Wildman–Crippen LogP) is 2.46. The second kappa shape index (κ2) is 6.18. The number of aromatic nitrogens is 2. The number of aromatic amines is 1. The van der Waals surface area contributed by atoms with E-state index in [0.29, 0.717) is 6.42 Å². The largest absolute Gasteiger partial charge is 0.494 e. The van der Waals surface area contributed by atoms with Gasteiger partial charge in [-0.25, -0.2) is 5.10 Å². The van der Waals surface area contributed by atoms with Gasteiger partial charge in [-0.1, -0.05) is 19.1 Å². The first-order chi connectivity index (χ1) is 9.19. The summed E-state index contributed by atoms with van der Waals surface area (Å²) in [4.78, 5) is 11.6. The summed E-state index contributed by atoms with van der Waals surface area (Å²) in [6.45, 7) is 4.66. The molecule has 1 aromatic carbocycles.